The van der Waals surface area contributed by atoms with Crippen molar-refractivity contribution in [2.75, 3.05) is 45.3 Å². The third-order valence-corrected chi connectivity index (χ3v) is 7.34. The number of nitroso groups, excluding NO2 is 1. The molecule has 0 unspecified atom stereocenters. The summed E-state index contributed by atoms with van der Waals surface area (Å²) in [5.74, 6) is 3.34. The first-order valence-corrected chi connectivity index (χ1v) is 12.2. The standard InChI is InChI=1S/C26H27N5O4/c1-34-21-5-4-6-22-24(21)19-13-30(12-17(19)15-35-22)10-3-2-7-23-27-11-16-8-9-18-20(32)14-31(33)29-26(18)25(16)28-23/h4-6,8-9,11,17,19H,2-3,7,10,12-15H2,1H3/p+1/t17-,19+/m0/s1. The second kappa shape index (κ2) is 8.88. The van der Waals surface area contributed by atoms with Crippen LogP contribution in [0.2, 0.25) is 0 Å². The second-order valence-electron chi connectivity index (χ2n) is 9.55. The zero-order valence-electron chi connectivity index (χ0n) is 19.7. The molecular weight excluding hydrogens is 446 g/mol. The smallest absolute Gasteiger partial charge is 0.287 e. The lowest BCUT2D eigenvalue weighted by molar-refractivity contribution is -0.505. The van der Waals surface area contributed by atoms with Crippen molar-refractivity contribution < 1.29 is 19.1 Å². The highest BCUT2D eigenvalue weighted by Crippen LogP contribution is 2.46. The van der Waals surface area contributed by atoms with Gasteiger partial charge in [-0.3, -0.25) is 4.79 Å². The number of ether oxygens (including phenoxy) is 2. The molecule has 0 spiro atoms. The average molecular weight is 475 g/mol. The van der Waals surface area contributed by atoms with Gasteiger partial charge in [-0.1, -0.05) is 12.1 Å². The number of hydrazine groups is 1. The number of nitrogens with one attached hydrogen (secondary N) is 1. The Bertz CT molecular complexity index is 1310. The largest absolute Gasteiger partial charge is 0.496 e. The minimum Gasteiger partial charge on any atom is -0.496 e. The maximum atomic E-state index is 12.2. The normalized spacial score (nSPS) is 21.2. The topological polar surface area (TPSA) is 96.7 Å². The van der Waals surface area contributed by atoms with E-state index in [0.29, 0.717) is 33.5 Å². The number of likely N-dealkylation sites (tertiary alicyclic amines) is 1. The van der Waals surface area contributed by atoms with Crippen LogP contribution in [0, 0.1) is 10.8 Å². The molecule has 0 saturated carbocycles. The zero-order chi connectivity index (χ0) is 23.9. The van der Waals surface area contributed by atoms with Crippen LogP contribution in [-0.2, 0) is 6.42 Å². The van der Waals surface area contributed by atoms with Crippen LogP contribution in [0.15, 0.2) is 36.5 Å². The summed E-state index contributed by atoms with van der Waals surface area (Å²) in [6, 6.07) is 9.61. The Morgan fingerprint density at radius 2 is 2.14 bits per heavy atom. The highest BCUT2D eigenvalue weighted by molar-refractivity contribution is 6.09. The van der Waals surface area contributed by atoms with Crippen molar-refractivity contribution in [1.82, 2.24) is 14.9 Å². The van der Waals surface area contributed by atoms with Crippen LogP contribution < -0.4 is 14.9 Å². The molecule has 1 N–H and O–H groups in total. The quantitative estimate of drug-likeness (QED) is 0.429. The van der Waals surface area contributed by atoms with Crippen molar-refractivity contribution in [2.45, 2.75) is 25.2 Å². The van der Waals surface area contributed by atoms with Gasteiger partial charge in [-0.05, 0) is 37.6 Å². The number of aromatic nitrogens is 2. The summed E-state index contributed by atoms with van der Waals surface area (Å²) in [5, 5.41) is 0.806. The Hall–Kier alpha value is -3.59. The van der Waals surface area contributed by atoms with Gasteiger partial charge in [-0.15, -0.1) is 5.43 Å². The number of carbonyl (C=O) groups excluding carboxylic acids is 1. The lowest BCUT2D eigenvalue weighted by Crippen LogP contribution is -2.30. The predicted molar refractivity (Wildman–Crippen MR) is 130 cm³/mol. The maximum absolute atomic E-state index is 12.2. The van der Waals surface area contributed by atoms with Crippen LogP contribution in [0.3, 0.4) is 0 Å². The Morgan fingerprint density at radius 1 is 1.23 bits per heavy atom. The fourth-order valence-corrected chi connectivity index (χ4v) is 5.63. The van der Waals surface area contributed by atoms with Crippen LogP contribution in [0.1, 0.15) is 40.5 Å². The molecule has 4 heterocycles. The van der Waals surface area contributed by atoms with Gasteiger partial charge in [0.1, 0.15) is 33.4 Å². The molecule has 0 radical (unpaired) electrons. The summed E-state index contributed by atoms with van der Waals surface area (Å²) >= 11 is 0. The minimum atomic E-state index is -0.201. The van der Waals surface area contributed by atoms with Gasteiger partial charge in [-0.25, -0.2) is 9.97 Å². The Kier molecular flexibility index (Phi) is 5.56. The van der Waals surface area contributed by atoms with Gasteiger partial charge in [-0.2, -0.15) is 0 Å². The number of anilines is 1. The summed E-state index contributed by atoms with van der Waals surface area (Å²) in [6.07, 6.45) is 4.51. The number of unbranched alkanes of at least 4 members (excludes halogenated alkanes) is 1. The number of hydrogen-bond donors (Lipinski definition) is 1. The van der Waals surface area contributed by atoms with Crippen LogP contribution in [0.25, 0.3) is 10.9 Å². The Balaban J connectivity index is 1.09. The van der Waals surface area contributed by atoms with Gasteiger partial charge < -0.3 is 14.4 Å². The summed E-state index contributed by atoms with van der Waals surface area (Å²) in [7, 11) is 1.72. The number of fused-ring (bicyclic) bond motifs is 6. The van der Waals surface area contributed by atoms with E-state index in [4.69, 9.17) is 14.5 Å². The minimum absolute atomic E-state index is 0.195. The lowest BCUT2D eigenvalue weighted by atomic mass is 9.86. The molecule has 3 aliphatic rings. The van der Waals surface area contributed by atoms with Gasteiger partial charge in [0.2, 0.25) is 5.78 Å². The number of hydrogen-bond acceptors (Lipinski definition) is 7. The van der Waals surface area contributed by atoms with E-state index in [1.165, 1.54) is 5.56 Å². The molecule has 0 amide bonds. The number of rotatable bonds is 6. The van der Waals surface area contributed by atoms with Crippen molar-refractivity contribution in [3.8, 4) is 11.5 Å². The van der Waals surface area contributed by atoms with Crippen LogP contribution in [0.5, 0.6) is 11.5 Å². The first-order chi connectivity index (χ1) is 17.1. The Morgan fingerprint density at radius 3 is 3.03 bits per heavy atom. The molecule has 9 heteroatoms. The molecule has 9 nitrogen and oxygen atoms in total. The van der Waals surface area contributed by atoms with Crippen LogP contribution >= 0.6 is 0 Å². The fourth-order valence-electron chi connectivity index (χ4n) is 5.63. The molecule has 2 aromatic carbocycles. The van der Waals surface area contributed by atoms with E-state index in [9.17, 15) is 9.70 Å². The summed E-state index contributed by atoms with van der Waals surface area (Å²) in [6.45, 7) is 3.63. The molecule has 0 bridgehead atoms. The van der Waals surface area contributed by atoms with E-state index in [0.717, 1.165) is 68.2 Å². The molecule has 3 aromatic rings. The molecule has 180 valence electrons. The molecule has 6 rings (SSSR count). The van der Waals surface area contributed by atoms with Gasteiger partial charge >= 0.3 is 0 Å². The average Bonchev–Trinajstić information content (AvgIpc) is 3.29. The number of carbonyl (C=O) groups is 1. The van der Waals surface area contributed by atoms with Crippen molar-refractivity contribution >= 4 is 22.4 Å². The first-order valence-electron chi connectivity index (χ1n) is 12.2. The second-order valence-corrected chi connectivity index (χ2v) is 9.55. The summed E-state index contributed by atoms with van der Waals surface area (Å²) < 4.78 is 11.7. The molecule has 1 fully saturated rings. The number of benzene rings is 2. The molecule has 2 atom stereocenters. The van der Waals surface area contributed by atoms with Crippen molar-refractivity contribution in [1.29, 1.82) is 0 Å². The van der Waals surface area contributed by atoms with E-state index in [1.54, 1.807) is 19.4 Å². The predicted octanol–water partition coefficient (Wildman–Crippen LogP) is 3.37. The number of methoxy groups -OCH3 is 1. The van der Waals surface area contributed by atoms with E-state index in [-0.39, 0.29) is 12.3 Å². The monoisotopic (exact) mass is 474 g/mol. The third-order valence-electron chi connectivity index (χ3n) is 7.34. The summed E-state index contributed by atoms with van der Waals surface area (Å²) in [5.41, 5.74) is 5.57. The molecule has 1 aromatic heterocycles. The van der Waals surface area contributed by atoms with E-state index < -0.39 is 0 Å². The van der Waals surface area contributed by atoms with Gasteiger partial charge in [0, 0.05) is 48.5 Å². The maximum Gasteiger partial charge on any atom is 0.287 e. The third kappa shape index (κ3) is 3.99. The van der Waals surface area contributed by atoms with Crippen molar-refractivity contribution in [3.05, 3.63) is 58.4 Å². The van der Waals surface area contributed by atoms with Gasteiger partial charge in [0.25, 0.3) is 6.54 Å². The molecule has 3 aliphatic heterocycles. The Labute approximate surface area is 203 Å². The van der Waals surface area contributed by atoms with Gasteiger partial charge in [0.05, 0.1) is 24.2 Å². The molecule has 0 aliphatic carbocycles. The zero-order valence-corrected chi connectivity index (χ0v) is 19.7. The van der Waals surface area contributed by atoms with E-state index >= 15 is 0 Å². The number of nitrogens with zero attached hydrogens (tertiary/aromatic N) is 4. The number of ketones is 1. The number of Topliss-reactive ketones (excluding diaryl/α,β-unsaturated/α-hetero) is 1. The van der Waals surface area contributed by atoms with Gasteiger partial charge in [0.15, 0.2) is 0 Å². The van der Waals surface area contributed by atoms with Crippen LogP contribution in [-0.4, -0.2) is 65.4 Å². The van der Waals surface area contributed by atoms with Crippen molar-refractivity contribution in [2.24, 2.45) is 5.92 Å². The number of aryl methyl sites for hydroxylation is 1. The molecule has 35 heavy (non-hydrogen) atoms. The summed E-state index contributed by atoms with van der Waals surface area (Å²) in [4.78, 5) is 36.3. The lowest BCUT2D eigenvalue weighted by Gasteiger charge is -2.29. The molecule has 1 saturated heterocycles. The highest BCUT2D eigenvalue weighted by atomic mass is 16.5. The van der Waals surface area contributed by atoms with Crippen LogP contribution in [0.4, 0.5) is 5.69 Å². The van der Waals surface area contributed by atoms with Crippen molar-refractivity contribution in [3.63, 3.8) is 0 Å². The SMILES string of the molecule is COc1cccc2c1[C@@H]1CN(CCCCc3ncc4ccc5c(c4n3)N[N+](=O)CC5=O)C[C@H]1CO2. The fraction of sp³-hybridized carbons (Fsp3) is 0.423. The van der Waals surface area contributed by atoms with E-state index in [1.807, 2.05) is 24.3 Å². The molecular formula is C26H28N5O4+. The van der Waals surface area contributed by atoms with E-state index in [2.05, 4.69) is 15.3 Å². The highest BCUT2D eigenvalue weighted by Gasteiger charge is 2.40. The first kappa shape index (κ1) is 21.9.